The smallest absolute Gasteiger partial charge is 0.126 e. The first-order chi connectivity index (χ1) is 4.11. The molecule has 0 radical (unpaired) electrons. The van der Waals surface area contributed by atoms with Crippen molar-refractivity contribution in [1.82, 2.24) is 15.4 Å². The van der Waals surface area contributed by atoms with Gasteiger partial charge < -0.3 is 0 Å². The van der Waals surface area contributed by atoms with Crippen LogP contribution in [-0.2, 0) is 6.30 Å². The van der Waals surface area contributed by atoms with Gasteiger partial charge in [0, 0.05) is 4.80 Å². The van der Waals surface area contributed by atoms with E-state index in [0.29, 0.717) is 0 Å². The molecule has 0 aromatic carbocycles. The first-order valence-electron chi connectivity index (χ1n) is 1.95. The van der Waals surface area contributed by atoms with Crippen LogP contribution in [0.4, 0.5) is 13.2 Å². The summed E-state index contributed by atoms with van der Waals surface area (Å²) in [6, 6.07) is 0. The minimum Gasteiger partial charge on any atom is -0.126 e. The predicted molar refractivity (Wildman–Crippen MR) is 17.9 cm³/mol. The van der Waals surface area contributed by atoms with Gasteiger partial charge in [0.05, 0.1) is 5.10 Å². The zero-order valence-corrected chi connectivity index (χ0v) is 4.05. The van der Waals surface area contributed by atoms with Crippen LogP contribution in [0.2, 0.25) is 0 Å². The molecular formula is C2H2F3N4+. The maximum atomic E-state index is 11.5. The highest BCUT2D eigenvalue weighted by molar-refractivity contribution is 4.21. The van der Waals surface area contributed by atoms with Gasteiger partial charge in [0.2, 0.25) is 0 Å². The molecule has 0 spiro atoms. The van der Waals surface area contributed by atoms with Gasteiger partial charge in [-0.25, -0.2) is 0 Å². The molecule has 0 aliphatic carbocycles. The minimum atomic E-state index is -4.49. The van der Waals surface area contributed by atoms with Crippen molar-refractivity contribution in [1.29, 1.82) is 0 Å². The summed E-state index contributed by atoms with van der Waals surface area (Å²) in [6.07, 6.45) is -3.72. The summed E-state index contributed by atoms with van der Waals surface area (Å²) in [5.74, 6) is 0. The average Bonchev–Trinajstić information content (AvgIpc) is 2.08. The van der Waals surface area contributed by atoms with Crippen LogP contribution in [0.5, 0.6) is 0 Å². The van der Waals surface area contributed by atoms with E-state index in [-0.39, 0.29) is 4.80 Å². The molecule has 9 heavy (non-hydrogen) atoms. The predicted octanol–water partition coefficient (Wildman–Crippen LogP) is -0.432. The van der Waals surface area contributed by atoms with E-state index in [2.05, 4.69) is 10.2 Å². The van der Waals surface area contributed by atoms with Gasteiger partial charge in [-0.15, -0.1) is 13.2 Å². The van der Waals surface area contributed by atoms with Gasteiger partial charge in [-0.05, 0) is 10.3 Å². The van der Waals surface area contributed by atoms with Crippen molar-refractivity contribution in [2.24, 2.45) is 0 Å². The number of halogens is 3. The quantitative estimate of drug-likeness (QED) is 0.495. The number of aromatic nitrogens is 4. The third kappa shape index (κ3) is 1.15. The molecule has 50 valence electrons. The monoisotopic (exact) mass is 139 g/mol. The second-order valence-electron chi connectivity index (χ2n) is 1.24. The lowest BCUT2D eigenvalue weighted by Crippen LogP contribution is -2.51. The van der Waals surface area contributed by atoms with Crippen molar-refractivity contribution >= 4 is 0 Å². The fourth-order valence-electron chi connectivity index (χ4n) is 0.306. The van der Waals surface area contributed by atoms with Crippen molar-refractivity contribution in [3.05, 3.63) is 6.33 Å². The number of alkyl halides is 3. The van der Waals surface area contributed by atoms with E-state index >= 15 is 0 Å². The third-order valence-electron chi connectivity index (χ3n) is 0.617. The highest BCUT2D eigenvalue weighted by Crippen LogP contribution is 2.10. The minimum absolute atomic E-state index is 0.299. The van der Waals surface area contributed by atoms with Gasteiger partial charge in [-0.1, -0.05) is 0 Å². The number of nitrogens with one attached hydrogen (secondary N) is 1. The zero-order chi connectivity index (χ0) is 6.91. The van der Waals surface area contributed by atoms with Gasteiger partial charge in [0.1, 0.15) is 0 Å². The highest BCUT2D eigenvalue weighted by Gasteiger charge is 2.40. The van der Waals surface area contributed by atoms with Crippen LogP contribution in [-0.4, -0.2) is 15.4 Å². The first kappa shape index (κ1) is 5.99. The van der Waals surface area contributed by atoms with E-state index < -0.39 is 6.30 Å². The Balaban J connectivity index is 2.90. The summed E-state index contributed by atoms with van der Waals surface area (Å²) >= 11 is 0. The van der Waals surface area contributed by atoms with E-state index in [9.17, 15) is 13.2 Å². The SMILES string of the molecule is FC(F)(F)[n+]1ncn[nH]1. The Morgan fingerprint density at radius 3 is 2.33 bits per heavy atom. The van der Waals surface area contributed by atoms with Crippen LogP contribution in [0.25, 0.3) is 0 Å². The van der Waals surface area contributed by atoms with Crippen LogP contribution in [0.1, 0.15) is 0 Å². The van der Waals surface area contributed by atoms with Crippen LogP contribution < -0.4 is 4.80 Å². The molecule has 0 atom stereocenters. The molecule has 0 saturated carbocycles. The average molecular weight is 139 g/mol. The van der Waals surface area contributed by atoms with Crippen molar-refractivity contribution in [3.8, 4) is 0 Å². The van der Waals surface area contributed by atoms with Crippen molar-refractivity contribution in [2.45, 2.75) is 6.30 Å². The molecule has 0 aliphatic heterocycles. The molecular weight excluding hydrogens is 137 g/mol. The van der Waals surface area contributed by atoms with E-state index in [1.165, 1.54) is 0 Å². The Bertz CT molecular complexity index is 176. The second-order valence-corrected chi connectivity index (χ2v) is 1.24. The molecule has 4 nitrogen and oxygen atoms in total. The molecule has 1 heterocycles. The number of aromatic amines is 1. The summed E-state index contributed by atoms with van der Waals surface area (Å²) in [5.41, 5.74) is 0. The van der Waals surface area contributed by atoms with Crippen molar-refractivity contribution < 1.29 is 18.0 Å². The second kappa shape index (κ2) is 1.67. The molecule has 1 N–H and O–H groups in total. The Morgan fingerprint density at radius 2 is 2.11 bits per heavy atom. The number of nitrogens with zero attached hydrogens (tertiary/aromatic N) is 3. The lowest BCUT2D eigenvalue weighted by molar-refractivity contribution is -0.935. The molecule has 1 rings (SSSR count). The van der Waals surface area contributed by atoms with Crippen LogP contribution in [0.3, 0.4) is 0 Å². The standard InChI is InChI=1S/C2HF3N4/c3-2(4,5)9-7-1-6-8-9/h1H/p+1. The Labute approximate surface area is 47.3 Å². The lowest BCUT2D eigenvalue weighted by Gasteiger charge is -1.92. The number of hydrogen-bond acceptors (Lipinski definition) is 2. The molecule has 0 fully saturated rings. The molecule has 0 aliphatic rings. The van der Waals surface area contributed by atoms with E-state index in [1.54, 1.807) is 5.21 Å². The molecule has 1 aromatic rings. The van der Waals surface area contributed by atoms with Gasteiger partial charge >= 0.3 is 6.30 Å². The number of tetrazole rings is 1. The Kier molecular flexibility index (Phi) is 1.11. The maximum absolute atomic E-state index is 11.5. The summed E-state index contributed by atoms with van der Waals surface area (Å²) in [5, 5.41) is 7.42. The summed E-state index contributed by atoms with van der Waals surface area (Å²) in [7, 11) is 0. The van der Waals surface area contributed by atoms with E-state index in [4.69, 9.17) is 0 Å². The Morgan fingerprint density at radius 1 is 1.44 bits per heavy atom. The number of rotatable bonds is 0. The molecule has 0 unspecified atom stereocenters. The summed E-state index contributed by atoms with van der Waals surface area (Å²) < 4.78 is 34.4. The number of hydrogen-bond donors (Lipinski definition) is 1. The van der Waals surface area contributed by atoms with Crippen LogP contribution in [0, 0.1) is 0 Å². The molecule has 7 heteroatoms. The molecule has 0 bridgehead atoms. The lowest BCUT2D eigenvalue weighted by atomic mass is 11.2. The van der Waals surface area contributed by atoms with Gasteiger partial charge in [-0.2, -0.15) is 0 Å². The van der Waals surface area contributed by atoms with Gasteiger partial charge in [0.25, 0.3) is 6.33 Å². The largest absolute Gasteiger partial charge is 0.606 e. The summed E-state index contributed by atoms with van der Waals surface area (Å²) in [4.78, 5) is -0.299. The normalized spacial score (nSPS) is 11.9. The van der Waals surface area contributed by atoms with Crippen LogP contribution >= 0.6 is 0 Å². The highest BCUT2D eigenvalue weighted by atomic mass is 19.4. The topological polar surface area (TPSA) is 45.5 Å². The fourth-order valence-corrected chi connectivity index (χ4v) is 0.306. The zero-order valence-electron chi connectivity index (χ0n) is 4.05. The first-order valence-corrected chi connectivity index (χ1v) is 1.95. The molecule has 0 amide bonds. The van der Waals surface area contributed by atoms with Gasteiger partial charge in [0.15, 0.2) is 0 Å². The number of H-pyrrole nitrogens is 1. The van der Waals surface area contributed by atoms with E-state index in [1.807, 2.05) is 0 Å². The molecule has 0 saturated heterocycles. The molecule has 1 aromatic heterocycles. The third-order valence-corrected chi connectivity index (χ3v) is 0.617. The van der Waals surface area contributed by atoms with Gasteiger partial charge in [-0.3, -0.25) is 0 Å². The van der Waals surface area contributed by atoms with E-state index in [0.717, 1.165) is 6.33 Å². The fraction of sp³-hybridized carbons (Fsp3) is 0.500. The maximum Gasteiger partial charge on any atom is 0.606 e. The van der Waals surface area contributed by atoms with Crippen molar-refractivity contribution in [3.63, 3.8) is 0 Å². The summed E-state index contributed by atoms with van der Waals surface area (Å²) in [6.45, 7) is 0. The Hall–Kier alpha value is -1.14. The van der Waals surface area contributed by atoms with Crippen LogP contribution in [0.15, 0.2) is 6.33 Å². The van der Waals surface area contributed by atoms with Crippen molar-refractivity contribution in [2.75, 3.05) is 0 Å².